The summed E-state index contributed by atoms with van der Waals surface area (Å²) in [5, 5.41) is 19.8. The molecular formula is C12H12NO4-. The van der Waals surface area contributed by atoms with Crippen LogP contribution in [0.2, 0.25) is 0 Å². The summed E-state index contributed by atoms with van der Waals surface area (Å²) in [5.41, 5.74) is 0.857. The first-order valence-corrected chi connectivity index (χ1v) is 5.33. The number of hydrogen-bond acceptors (Lipinski definition) is 4. The minimum atomic E-state index is -1.17. The van der Waals surface area contributed by atoms with Crippen molar-refractivity contribution in [2.75, 3.05) is 6.54 Å². The maximum atomic E-state index is 11.5. The number of likely N-dealkylation sites (tertiary alicyclic amines) is 1. The molecule has 0 spiro atoms. The summed E-state index contributed by atoms with van der Waals surface area (Å²) < 4.78 is 0. The van der Waals surface area contributed by atoms with Crippen LogP contribution in [0.3, 0.4) is 0 Å². The van der Waals surface area contributed by atoms with Crippen LogP contribution in [0, 0.1) is 5.92 Å². The summed E-state index contributed by atoms with van der Waals surface area (Å²) >= 11 is 0. The van der Waals surface area contributed by atoms with E-state index in [-0.39, 0.29) is 24.6 Å². The Kier molecular flexibility index (Phi) is 2.99. The predicted octanol–water partition coefficient (Wildman–Crippen LogP) is -0.509. The van der Waals surface area contributed by atoms with Crippen LogP contribution in [-0.4, -0.2) is 28.4 Å². The number of phenolic OH excluding ortho intramolecular Hbond substituents is 1. The van der Waals surface area contributed by atoms with Crippen LogP contribution in [0.15, 0.2) is 24.3 Å². The van der Waals surface area contributed by atoms with Gasteiger partial charge in [0.05, 0.1) is 0 Å². The van der Waals surface area contributed by atoms with Crippen LogP contribution in [0.4, 0.5) is 0 Å². The lowest BCUT2D eigenvalue weighted by Gasteiger charge is -2.17. The zero-order valence-corrected chi connectivity index (χ0v) is 9.13. The second-order valence-electron chi connectivity index (χ2n) is 4.16. The number of carboxylic acid groups (broad SMARTS) is 1. The van der Waals surface area contributed by atoms with E-state index in [2.05, 4.69) is 0 Å². The number of carbonyl (C=O) groups is 2. The molecule has 1 aromatic carbocycles. The van der Waals surface area contributed by atoms with Gasteiger partial charge in [0.1, 0.15) is 5.75 Å². The van der Waals surface area contributed by atoms with Crippen molar-refractivity contribution in [3.63, 3.8) is 0 Å². The van der Waals surface area contributed by atoms with Gasteiger partial charge in [-0.25, -0.2) is 0 Å². The number of aliphatic carboxylic acids is 1. The van der Waals surface area contributed by atoms with Gasteiger partial charge in [-0.05, 0) is 17.7 Å². The molecule has 0 bridgehead atoms. The third-order valence-corrected chi connectivity index (χ3v) is 2.86. The van der Waals surface area contributed by atoms with Crippen molar-refractivity contribution in [1.29, 1.82) is 0 Å². The summed E-state index contributed by atoms with van der Waals surface area (Å²) in [7, 11) is 0. The Morgan fingerprint density at radius 1 is 1.41 bits per heavy atom. The summed E-state index contributed by atoms with van der Waals surface area (Å²) in [6.45, 7) is 0.560. The fourth-order valence-corrected chi connectivity index (χ4v) is 1.90. The largest absolute Gasteiger partial charge is 0.550 e. The van der Waals surface area contributed by atoms with Crippen molar-refractivity contribution in [2.24, 2.45) is 5.92 Å². The third-order valence-electron chi connectivity index (χ3n) is 2.86. The Bertz CT molecular complexity index is 440. The molecule has 0 aromatic heterocycles. The Labute approximate surface area is 98.3 Å². The molecular weight excluding hydrogens is 222 g/mol. The monoisotopic (exact) mass is 234 g/mol. The normalized spacial score (nSPS) is 19.6. The lowest BCUT2D eigenvalue weighted by atomic mass is 10.1. The van der Waals surface area contributed by atoms with Crippen LogP contribution >= 0.6 is 0 Å². The molecule has 1 aromatic rings. The molecule has 17 heavy (non-hydrogen) atoms. The van der Waals surface area contributed by atoms with Crippen LogP contribution in [0.25, 0.3) is 0 Å². The smallest absolute Gasteiger partial charge is 0.223 e. The third kappa shape index (κ3) is 2.55. The Morgan fingerprint density at radius 3 is 2.59 bits per heavy atom. The minimum absolute atomic E-state index is 0.0143. The van der Waals surface area contributed by atoms with Crippen LogP contribution in [-0.2, 0) is 16.1 Å². The average Bonchev–Trinajstić information content (AvgIpc) is 2.64. The molecule has 2 rings (SSSR count). The number of carbonyl (C=O) groups excluding carboxylic acids is 2. The van der Waals surface area contributed by atoms with E-state index in [1.165, 1.54) is 17.0 Å². The maximum absolute atomic E-state index is 11.5. The molecule has 1 atom stereocenters. The zero-order valence-electron chi connectivity index (χ0n) is 9.13. The Balaban J connectivity index is 2.02. The van der Waals surface area contributed by atoms with E-state index in [9.17, 15) is 14.7 Å². The standard InChI is InChI=1S/C12H13NO4/c14-10-3-1-8(2-4-10)6-13-7-9(12(16)17)5-11(13)15/h1-4,9,14H,5-7H2,(H,16,17)/p-1/t9-/m0/s1. The molecule has 0 unspecified atom stereocenters. The van der Waals surface area contributed by atoms with Gasteiger partial charge in [-0.1, -0.05) is 12.1 Å². The molecule has 0 saturated carbocycles. The number of phenols is 1. The second-order valence-corrected chi connectivity index (χ2v) is 4.16. The second kappa shape index (κ2) is 4.45. The van der Waals surface area contributed by atoms with E-state index >= 15 is 0 Å². The quantitative estimate of drug-likeness (QED) is 0.763. The average molecular weight is 234 g/mol. The number of hydrogen-bond donors (Lipinski definition) is 1. The minimum Gasteiger partial charge on any atom is -0.550 e. The molecule has 1 aliphatic rings. The molecule has 0 radical (unpaired) electrons. The van der Waals surface area contributed by atoms with E-state index in [4.69, 9.17) is 5.11 Å². The van der Waals surface area contributed by atoms with Crippen LogP contribution in [0.1, 0.15) is 12.0 Å². The maximum Gasteiger partial charge on any atom is 0.223 e. The molecule has 5 heteroatoms. The van der Waals surface area contributed by atoms with Gasteiger partial charge < -0.3 is 19.9 Å². The number of aromatic hydroxyl groups is 1. The van der Waals surface area contributed by atoms with Gasteiger partial charge in [-0.15, -0.1) is 0 Å². The zero-order chi connectivity index (χ0) is 12.4. The summed E-state index contributed by atoms with van der Waals surface area (Å²) in [6, 6.07) is 6.47. The molecule has 5 nitrogen and oxygen atoms in total. The lowest BCUT2D eigenvalue weighted by Crippen LogP contribution is -2.33. The van der Waals surface area contributed by atoms with Crippen molar-refractivity contribution < 1.29 is 19.8 Å². The fraction of sp³-hybridized carbons (Fsp3) is 0.333. The summed E-state index contributed by atoms with van der Waals surface area (Å²) in [6.07, 6.45) is 0.0143. The van der Waals surface area contributed by atoms with E-state index in [0.29, 0.717) is 6.54 Å². The van der Waals surface area contributed by atoms with E-state index in [0.717, 1.165) is 5.56 Å². The van der Waals surface area contributed by atoms with Crippen molar-refractivity contribution in [3.05, 3.63) is 29.8 Å². The van der Waals surface area contributed by atoms with E-state index in [1.54, 1.807) is 12.1 Å². The molecule has 0 aliphatic carbocycles. The van der Waals surface area contributed by atoms with Gasteiger partial charge in [0.25, 0.3) is 0 Å². The van der Waals surface area contributed by atoms with E-state index < -0.39 is 11.9 Å². The number of carboxylic acids is 1. The van der Waals surface area contributed by atoms with Crippen molar-refractivity contribution in [3.8, 4) is 5.75 Å². The van der Waals surface area contributed by atoms with Gasteiger partial charge in [-0.2, -0.15) is 0 Å². The molecule has 1 saturated heterocycles. The highest BCUT2D eigenvalue weighted by Gasteiger charge is 2.30. The SMILES string of the molecule is O=C([O-])[C@H]1CC(=O)N(Cc2ccc(O)cc2)C1. The van der Waals surface area contributed by atoms with Gasteiger partial charge in [-0.3, -0.25) is 4.79 Å². The molecule has 1 fully saturated rings. The number of nitrogens with zero attached hydrogens (tertiary/aromatic N) is 1. The predicted molar refractivity (Wildman–Crippen MR) is 56.6 cm³/mol. The fourth-order valence-electron chi connectivity index (χ4n) is 1.90. The molecule has 90 valence electrons. The molecule has 1 N–H and O–H groups in total. The number of rotatable bonds is 3. The van der Waals surface area contributed by atoms with Crippen molar-refractivity contribution >= 4 is 11.9 Å². The van der Waals surface area contributed by atoms with Crippen molar-refractivity contribution in [2.45, 2.75) is 13.0 Å². The molecule has 1 heterocycles. The van der Waals surface area contributed by atoms with Crippen LogP contribution in [0.5, 0.6) is 5.75 Å². The highest BCUT2D eigenvalue weighted by molar-refractivity contribution is 5.85. The highest BCUT2D eigenvalue weighted by Crippen LogP contribution is 2.20. The summed E-state index contributed by atoms with van der Waals surface area (Å²) in [5.74, 6) is -1.90. The topological polar surface area (TPSA) is 80.7 Å². The Morgan fingerprint density at radius 2 is 2.06 bits per heavy atom. The first-order valence-electron chi connectivity index (χ1n) is 5.33. The first kappa shape index (κ1) is 11.4. The Hall–Kier alpha value is -2.04. The van der Waals surface area contributed by atoms with Crippen LogP contribution < -0.4 is 5.11 Å². The van der Waals surface area contributed by atoms with Crippen molar-refractivity contribution in [1.82, 2.24) is 4.90 Å². The molecule has 1 aliphatic heterocycles. The van der Waals surface area contributed by atoms with Gasteiger partial charge in [0.2, 0.25) is 5.91 Å². The van der Waals surface area contributed by atoms with Gasteiger partial charge in [0.15, 0.2) is 0 Å². The lowest BCUT2D eigenvalue weighted by molar-refractivity contribution is -0.311. The van der Waals surface area contributed by atoms with Gasteiger partial charge in [0, 0.05) is 31.4 Å². The first-order chi connectivity index (χ1) is 8.06. The summed E-state index contributed by atoms with van der Waals surface area (Å²) in [4.78, 5) is 23.7. The van der Waals surface area contributed by atoms with E-state index in [1.807, 2.05) is 0 Å². The van der Waals surface area contributed by atoms with Gasteiger partial charge >= 0.3 is 0 Å². The molecule has 1 amide bonds. The number of amides is 1. The highest BCUT2D eigenvalue weighted by atomic mass is 16.4. The number of benzene rings is 1.